The molecular weight excluding hydrogens is 634 g/mol. The van der Waals surface area contributed by atoms with E-state index in [-0.39, 0.29) is 12.5 Å². The zero-order valence-corrected chi connectivity index (χ0v) is 31.9. The van der Waals surface area contributed by atoms with Crippen molar-refractivity contribution in [3.8, 4) is 0 Å². The molecule has 7 unspecified atom stereocenters. The van der Waals surface area contributed by atoms with E-state index in [1.807, 2.05) is 6.08 Å². The van der Waals surface area contributed by atoms with Crippen molar-refractivity contribution < 1.29 is 39.8 Å². The van der Waals surface area contributed by atoms with Crippen molar-refractivity contribution in [1.82, 2.24) is 5.32 Å². The smallest absolute Gasteiger partial charge is 0.220 e. The van der Waals surface area contributed by atoms with Crippen LogP contribution < -0.4 is 5.32 Å². The minimum atomic E-state index is -1.57. The van der Waals surface area contributed by atoms with Gasteiger partial charge in [0.05, 0.1) is 25.4 Å². The Balaban J connectivity index is 2.27. The van der Waals surface area contributed by atoms with E-state index < -0.39 is 49.5 Å². The van der Waals surface area contributed by atoms with Crippen LogP contribution in [0.25, 0.3) is 0 Å². The molecule has 0 aliphatic carbocycles. The van der Waals surface area contributed by atoms with Crippen molar-refractivity contribution in [2.75, 3.05) is 13.2 Å². The van der Waals surface area contributed by atoms with Crippen LogP contribution in [0, 0.1) is 0 Å². The third-order valence-electron chi connectivity index (χ3n) is 9.76. The highest BCUT2D eigenvalue weighted by molar-refractivity contribution is 5.76. The fourth-order valence-electron chi connectivity index (χ4n) is 6.41. The van der Waals surface area contributed by atoms with Crippen molar-refractivity contribution in [2.45, 2.75) is 217 Å². The number of ether oxygens (including phenoxy) is 2. The van der Waals surface area contributed by atoms with Crippen LogP contribution in [-0.4, -0.2) is 87.5 Å². The summed E-state index contributed by atoms with van der Waals surface area (Å²) in [7, 11) is 0. The summed E-state index contributed by atoms with van der Waals surface area (Å²) in [5.74, 6) is -0.190. The van der Waals surface area contributed by atoms with Gasteiger partial charge in [0.1, 0.15) is 24.4 Å². The number of amides is 1. The Hall–Kier alpha value is -1.33. The lowest BCUT2D eigenvalue weighted by molar-refractivity contribution is -0.302. The average Bonchev–Trinajstić information content (AvgIpc) is 3.11. The Kier molecular flexibility index (Phi) is 30.2. The normalized spacial score (nSPS) is 22.4. The molecule has 0 aromatic heterocycles. The number of unbranched alkanes of at least 4 members (excludes halogenated alkanes) is 21. The molecule has 9 nitrogen and oxygen atoms in total. The lowest BCUT2D eigenvalue weighted by Crippen LogP contribution is -2.60. The molecule has 294 valence electrons. The van der Waals surface area contributed by atoms with Crippen LogP contribution in [-0.2, 0) is 14.3 Å². The SMILES string of the molecule is CCC/C=C/CC/C=C/C(O)C(COC1OC(CO)C(O)C(O)C1O)NC(=O)CCCCCCCCCCCCCCCCCCCCCC. The van der Waals surface area contributed by atoms with E-state index in [0.717, 1.165) is 44.9 Å². The number of carbonyl (C=O) groups excluding carboxylic acids is 1. The summed E-state index contributed by atoms with van der Waals surface area (Å²) in [5.41, 5.74) is 0. The van der Waals surface area contributed by atoms with Gasteiger partial charge < -0.3 is 40.3 Å². The largest absolute Gasteiger partial charge is 0.394 e. The van der Waals surface area contributed by atoms with Gasteiger partial charge in [-0.15, -0.1) is 0 Å². The number of carbonyl (C=O) groups is 1. The summed E-state index contributed by atoms with van der Waals surface area (Å²) in [6.07, 6.45) is 29.7. The highest BCUT2D eigenvalue weighted by Gasteiger charge is 2.44. The molecule has 1 aliphatic heterocycles. The van der Waals surface area contributed by atoms with E-state index in [2.05, 4.69) is 31.3 Å². The lowest BCUT2D eigenvalue weighted by atomic mass is 9.99. The molecule has 0 bridgehead atoms. The van der Waals surface area contributed by atoms with Gasteiger partial charge in [-0.25, -0.2) is 0 Å². The van der Waals surface area contributed by atoms with Crippen LogP contribution in [0.2, 0.25) is 0 Å². The van der Waals surface area contributed by atoms with Crippen LogP contribution in [0.1, 0.15) is 174 Å². The molecule has 50 heavy (non-hydrogen) atoms. The van der Waals surface area contributed by atoms with E-state index in [9.17, 15) is 30.3 Å². The van der Waals surface area contributed by atoms with Gasteiger partial charge in [-0.2, -0.15) is 0 Å². The van der Waals surface area contributed by atoms with Gasteiger partial charge in [0.2, 0.25) is 5.91 Å². The van der Waals surface area contributed by atoms with E-state index >= 15 is 0 Å². The summed E-state index contributed by atoms with van der Waals surface area (Å²) in [5, 5.41) is 53.7. The summed E-state index contributed by atoms with van der Waals surface area (Å²) in [6, 6.07) is -0.813. The summed E-state index contributed by atoms with van der Waals surface area (Å²) in [4.78, 5) is 12.8. The highest BCUT2D eigenvalue weighted by atomic mass is 16.7. The Labute approximate surface area is 305 Å². The number of hydrogen-bond acceptors (Lipinski definition) is 8. The van der Waals surface area contributed by atoms with Crippen molar-refractivity contribution in [2.24, 2.45) is 0 Å². The van der Waals surface area contributed by atoms with Gasteiger partial charge in [-0.05, 0) is 25.7 Å². The number of rotatable bonds is 33. The molecule has 6 N–H and O–H groups in total. The van der Waals surface area contributed by atoms with Gasteiger partial charge >= 0.3 is 0 Å². The molecular formula is C41H77NO8. The van der Waals surface area contributed by atoms with Crippen molar-refractivity contribution in [3.05, 3.63) is 24.3 Å². The molecule has 0 aromatic rings. The standard InChI is InChI=1S/C41H77NO8/c1-3-5-7-9-11-12-13-14-15-16-17-18-19-20-21-22-23-25-27-29-31-37(45)42-34(35(44)30-28-26-24-10-8-6-4-2)33-49-41-40(48)39(47)38(46)36(32-43)50-41/h8,10,28,30,34-36,38-41,43-44,46-48H,3-7,9,11-27,29,31-33H2,1-2H3,(H,42,45)/b10-8+,30-28+. The van der Waals surface area contributed by atoms with Gasteiger partial charge in [0.25, 0.3) is 0 Å². The first-order valence-electron chi connectivity index (χ1n) is 20.6. The third kappa shape index (κ3) is 23.3. The first kappa shape index (κ1) is 46.7. The predicted molar refractivity (Wildman–Crippen MR) is 203 cm³/mol. The topological polar surface area (TPSA) is 149 Å². The molecule has 7 atom stereocenters. The fraction of sp³-hybridized carbons (Fsp3) is 0.878. The van der Waals surface area contributed by atoms with Crippen LogP contribution in [0.4, 0.5) is 0 Å². The van der Waals surface area contributed by atoms with E-state index in [1.165, 1.54) is 109 Å². The first-order chi connectivity index (χ1) is 24.3. The molecule has 1 heterocycles. The van der Waals surface area contributed by atoms with Crippen LogP contribution in [0.3, 0.4) is 0 Å². The predicted octanol–water partition coefficient (Wildman–Crippen LogP) is 7.55. The van der Waals surface area contributed by atoms with E-state index in [4.69, 9.17) is 9.47 Å². The molecule has 0 spiro atoms. The highest BCUT2D eigenvalue weighted by Crippen LogP contribution is 2.22. The average molecular weight is 712 g/mol. The van der Waals surface area contributed by atoms with Gasteiger partial charge in [0.15, 0.2) is 6.29 Å². The Morgan fingerprint density at radius 1 is 0.660 bits per heavy atom. The lowest BCUT2D eigenvalue weighted by Gasteiger charge is -2.40. The molecule has 0 radical (unpaired) electrons. The van der Waals surface area contributed by atoms with E-state index in [0.29, 0.717) is 6.42 Å². The summed E-state index contributed by atoms with van der Waals surface area (Å²) in [6.45, 7) is 3.64. The molecule has 1 rings (SSSR count). The minimum Gasteiger partial charge on any atom is -0.394 e. The van der Waals surface area contributed by atoms with Gasteiger partial charge in [-0.1, -0.05) is 167 Å². The molecule has 1 aliphatic rings. The number of allylic oxidation sites excluding steroid dienone is 3. The van der Waals surface area contributed by atoms with Crippen LogP contribution >= 0.6 is 0 Å². The molecule has 0 aromatic carbocycles. The van der Waals surface area contributed by atoms with Gasteiger partial charge in [0, 0.05) is 6.42 Å². The Morgan fingerprint density at radius 3 is 1.64 bits per heavy atom. The second-order valence-corrected chi connectivity index (χ2v) is 14.4. The number of aliphatic hydroxyl groups excluding tert-OH is 5. The van der Waals surface area contributed by atoms with Gasteiger partial charge in [-0.3, -0.25) is 4.79 Å². The summed E-state index contributed by atoms with van der Waals surface area (Å²) < 4.78 is 11.1. The number of nitrogens with one attached hydrogen (secondary N) is 1. The van der Waals surface area contributed by atoms with Crippen molar-refractivity contribution in [1.29, 1.82) is 0 Å². The maximum Gasteiger partial charge on any atom is 0.220 e. The fourth-order valence-corrected chi connectivity index (χ4v) is 6.41. The number of aliphatic hydroxyl groups is 5. The zero-order chi connectivity index (χ0) is 36.7. The molecule has 0 saturated carbocycles. The third-order valence-corrected chi connectivity index (χ3v) is 9.76. The second-order valence-electron chi connectivity index (χ2n) is 14.4. The molecule has 1 amide bonds. The first-order valence-corrected chi connectivity index (χ1v) is 20.6. The molecule has 9 heteroatoms. The summed E-state index contributed by atoms with van der Waals surface area (Å²) >= 11 is 0. The second kappa shape index (κ2) is 32.3. The molecule has 1 fully saturated rings. The Morgan fingerprint density at radius 2 is 1.14 bits per heavy atom. The maximum absolute atomic E-state index is 12.8. The minimum absolute atomic E-state index is 0.190. The van der Waals surface area contributed by atoms with Crippen molar-refractivity contribution >= 4 is 5.91 Å². The maximum atomic E-state index is 12.8. The number of hydrogen-bond donors (Lipinski definition) is 6. The van der Waals surface area contributed by atoms with E-state index in [1.54, 1.807) is 6.08 Å². The molecule has 1 saturated heterocycles. The Bertz CT molecular complexity index is 837. The van der Waals surface area contributed by atoms with Crippen LogP contribution in [0.5, 0.6) is 0 Å². The zero-order valence-electron chi connectivity index (χ0n) is 31.9. The van der Waals surface area contributed by atoms with Crippen molar-refractivity contribution in [3.63, 3.8) is 0 Å². The van der Waals surface area contributed by atoms with Crippen LogP contribution in [0.15, 0.2) is 24.3 Å². The monoisotopic (exact) mass is 712 g/mol. The quantitative estimate of drug-likeness (QED) is 0.0302.